The SMILES string of the molecule is N#Cc1cccc(-c2nc(NC(=O)N3CCOCC3)sc2-c2ccn3nccc3c2)c1. The molecule has 5 rings (SSSR count). The van der Waals surface area contributed by atoms with Crippen LogP contribution in [0.4, 0.5) is 9.93 Å². The molecule has 0 saturated carbocycles. The van der Waals surface area contributed by atoms with Crippen molar-refractivity contribution in [2.75, 3.05) is 31.6 Å². The van der Waals surface area contributed by atoms with Gasteiger partial charge in [-0.2, -0.15) is 10.4 Å². The van der Waals surface area contributed by atoms with Crippen molar-refractivity contribution < 1.29 is 9.53 Å². The summed E-state index contributed by atoms with van der Waals surface area (Å²) >= 11 is 1.41. The van der Waals surface area contributed by atoms with E-state index in [1.54, 1.807) is 21.7 Å². The monoisotopic (exact) mass is 430 g/mol. The number of anilines is 1. The normalized spacial score (nSPS) is 13.8. The minimum absolute atomic E-state index is 0.188. The van der Waals surface area contributed by atoms with Crippen molar-refractivity contribution >= 4 is 28.0 Å². The van der Waals surface area contributed by atoms with Crippen LogP contribution in [0.1, 0.15) is 5.56 Å². The maximum atomic E-state index is 12.7. The summed E-state index contributed by atoms with van der Waals surface area (Å²) in [6.07, 6.45) is 3.64. The quantitative estimate of drug-likeness (QED) is 0.532. The summed E-state index contributed by atoms with van der Waals surface area (Å²) < 4.78 is 7.11. The van der Waals surface area contributed by atoms with Gasteiger partial charge in [-0.1, -0.05) is 23.5 Å². The second-order valence-corrected chi connectivity index (χ2v) is 8.03. The van der Waals surface area contributed by atoms with E-state index in [-0.39, 0.29) is 6.03 Å². The van der Waals surface area contributed by atoms with E-state index in [4.69, 9.17) is 9.72 Å². The second-order valence-electron chi connectivity index (χ2n) is 7.03. The average molecular weight is 430 g/mol. The fourth-order valence-corrected chi connectivity index (χ4v) is 4.47. The van der Waals surface area contributed by atoms with Gasteiger partial charge in [0, 0.05) is 31.0 Å². The number of ether oxygens (including phenoxy) is 1. The predicted molar refractivity (Wildman–Crippen MR) is 118 cm³/mol. The Hall–Kier alpha value is -3.74. The number of hydrogen-bond donors (Lipinski definition) is 1. The van der Waals surface area contributed by atoms with Gasteiger partial charge in [0.15, 0.2) is 5.13 Å². The molecule has 0 atom stereocenters. The fraction of sp³-hybridized carbons (Fsp3) is 0.182. The first-order chi connectivity index (χ1) is 15.2. The van der Waals surface area contributed by atoms with E-state index >= 15 is 0 Å². The van der Waals surface area contributed by atoms with Crippen LogP contribution in [0.3, 0.4) is 0 Å². The highest BCUT2D eigenvalue weighted by Crippen LogP contribution is 2.39. The Balaban J connectivity index is 1.55. The van der Waals surface area contributed by atoms with Gasteiger partial charge in [-0.25, -0.2) is 14.3 Å². The molecule has 9 heteroatoms. The molecule has 0 unspecified atom stereocenters. The summed E-state index contributed by atoms with van der Waals surface area (Å²) in [6, 6.07) is 15.2. The van der Waals surface area contributed by atoms with Crippen LogP contribution < -0.4 is 5.32 Å². The van der Waals surface area contributed by atoms with E-state index in [9.17, 15) is 10.1 Å². The molecule has 4 heterocycles. The zero-order valence-electron chi connectivity index (χ0n) is 16.5. The number of fused-ring (bicyclic) bond motifs is 1. The lowest BCUT2D eigenvalue weighted by molar-refractivity contribution is 0.0564. The number of thiazole rings is 1. The molecule has 31 heavy (non-hydrogen) atoms. The van der Waals surface area contributed by atoms with E-state index in [0.717, 1.165) is 27.2 Å². The summed E-state index contributed by atoms with van der Waals surface area (Å²) in [6.45, 7) is 2.18. The first-order valence-corrected chi connectivity index (χ1v) is 10.6. The lowest BCUT2D eigenvalue weighted by atomic mass is 10.1. The van der Waals surface area contributed by atoms with E-state index in [1.807, 2.05) is 42.6 Å². The predicted octanol–water partition coefficient (Wildman–Crippen LogP) is 3.86. The van der Waals surface area contributed by atoms with Crippen molar-refractivity contribution in [1.82, 2.24) is 19.5 Å². The Morgan fingerprint density at radius 2 is 2.03 bits per heavy atom. The number of amides is 2. The van der Waals surface area contributed by atoms with Crippen LogP contribution >= 0.6 is 11.3 Å². The first-order valence-electron chi connectivity index (χ1n) is 9.80. The number of nitrogens with zero attached hydrogens (tertiary/aromatic N) is 5. The summed E-state index contributed by atoms with van der Waals surface area (Å²) in [5, 5.41) is 17.0. The van der Waals surface area contributed by atoms with Crippen LogP contribution in [0.2, 0.25) is 0 Å². The first kappa shape index (κ1) is 19.2. The van der Waals surface area contributed by atoms with Crippen molar-refractivity contribution in [2.24, 2.45) is 0 Å². The molecule has 1 N–H and O–H groups in total. The van der Waals surface area contributed by atoms with E-state index < -0.39 is 0 Å². The molecule has 3 aromatic heterocycles. The lowest BCUT2D eigenvalue weighted by Gasteiger charge is -2.26. The second kappa shape index (κ2) is 8.18. The maximum absolute atomic E-state index is 12.7. The molecule has 0 bridgehead atoms. The fourth-order valence-electron chi connectivity index (χ4n) is 3.50. The highest BCUT2D eigenvalue weighted by atomic mass is 32.1. The largest absolute Gasteiger partial charge is 0.378 e. The van der Waals surface area contributed by atoms with Gasteiger partial charge in [0.05, 0.1) is 40.9 Å². The third-order valence-corrected chi connectivity index (χ3v) is 6.09. The van der Waals surface area contributed by atoms with Crippen molar-refractivity contribution in [1.29, 1.82) is 5.26 Å². The molecule has 1 aliphatic heterocycles. The highest BCUT2D eigenvalue weighted by molar-refractivity contribution is 7.19. The topological polar surface area (TPSA) is 95.5 Å². The zero-order valence-corrected chi connectivity index (χ0v) is 17.3. The van der Waals surface area contributed by atoms with Crippen LogP contribution in [0.15, 0.2) is 54.9 Å². The molecule has 1 fully saturated rings. The number of hydrogen-bond acceptors (Lipinski definition) is 6. The average Bonchev–Trinajstić information content (AvgIpc) is 3.46. The number of urea groups is 1. The molecule has 1 aromatic carbocycles. The molecule has 0 aliphatic carbocycles. The molecular formula is C22H18N6O2S. The van der Waals surface area contributed by atoms with Gasteiger partial charge in [-0.15, -0.1) is 0 Å². The van der Waals surface area contributed by atoms with Gasteiger partial charge in [0.1, 0.15) is 0 Å². The maximum Gasteiger partial charge on any atom is 0.323 e. The van der Waals surface area contributed by atoms with Crippen molar-refractivity contribution in [2.45, 2.75) is 0 Å². The Kier molecular flexibility index (Phi) is 5.08. The summed E-state index contributed by atoms with van der Waals surface area (Å²) in [5.41, 5.74) is 4.03. The standard InChI is InChI=1S/C22H18N6O2S/c23-14-15-2-1-3-16(12-15)19-20(17-5-7-28-18(13-17)4-6-24-28)31-21(25-19)26-22(29)27-8-10-30-11-9-27/h1-7,12-13H,8-11H2,(H,25,26,29). The van der Waals surface area contributed by atoms with E-state index in [0.29, 0.717) is 37.0 Å². The van der Waals surface area contributed by atoms with Crippen LogP contribution in [0.25, 0.3) is 27.2 Å². The number of aromatic nitrogens is 3. The molecule has 154 valence electrons. The smallest absolute Gasteiger partial charge is 0.323 e. The third kappa shape index (κ3) is 3.86. The molecule has 2 amide bonds. The van der Waals surface area contributed by atoms with Gasteiger partial charge in [0.2, 0.25) is 0 Å². The van der Waals surface area contributed by atoms with Crippen LogP contribution in [-0.2, 0) is 4.74 Å². The molecule has 0 spiro atoms. The van der Waals surface area contributed by atoms with Gasteiger partial charge < -0.3 is 9.64 Å². The molecule has 4 aromatic rings. The molecule has 1 saturated heterocycles. The van der Waals surface area contributed by atoms with E-state index in [1.165, 1.54) is 11.3 Å². The van der Waals surface area contributed by atoms with Crippen LogP contribution in [0, 0.1) is 11.3 Å². The summed E-state index contributed by atoms with van der Waals surface area (Å²) in [4.78, 5) is 20.0. The Morgan fingerprint density at radius 3 is 2.87 bits per heavy atom. The number of carbonyl (C=O) groups is 1. The van der Waals surface area contributed by atoms with Gasteiger partial charge >= 0.3 is 6.03 Å². The summed E-state index contributed by atoms with van der Waals surface area (Å²) in [5.74, 6) is 0. The van der Waals surface area contributed by atoms with Gasteiger partial charge in [0.25, 0.3) is 0 Å². The minimum atomic E-state index is -0.188. The van der Waals surface area contributed by atoms with Crippen LogP contribution in [0.5, 0.6) is 0 Å². The third-order valence-electron chi connectivity index (χ3n) is 5.07. The number of benzene rings is 1. The Labute approximate surface area is 182 Å². The number of nitriles is 1. The van der Waals surface area contributed by atoms with Crippen molar-refractivity contribution in [3.63, 3.8) is 0 Å². The lowest BCUT2D eigenvalue weighted by Crippen LogP contribution is -2.43. The number of pyridine rings is 1. The molecule has 8 nitrogen and oxygen atoms in total. The Bertz CT molecular complexity index is 1300. The molecular weight excluding hydrogens is 412 g/mol. The number of nitrogens with one attached hydrogen (secondary N) is 1. The number of rotatable bonds is 3. The van der Waals surface area contributed by atoms with Gasteiger partial charge in [-0.05, 0) is 35.9 Å². The van der Waals surface area contributed by atoms with Gasteiger partial charge in [-0.3, -0.25) is 5.32 Å². The zero-order chi connectivity index (χ0) is 21.2. The molecule has 0 radical (unpaired) electrons. The van der Waals surface area contributed by atoms with Crippen molar-refractivity contribution in [3.05, 3.63) is 60.4 Å². The number of morpholine rings is 1. The summed E-state index contributed by atoms with van der Waals surface area (Å²) in [7, 11) is 0. The number of carbonyl (C=O) groups excluding carboxylic acids is 1. The molecule has 1 aliphatic rings. The highest BCUT2D eigenvalue weighted by Gasteiger charge is 2.21. The van der Waals surface area contributed by atoms with Crippen LogP contribution in [-0.4, -0.2) is 51.8 Å². The Morgan fingerprint density at radius 1 is 1.16 bits per heavy atom. The van der Waals surface area contributed by atoms with Crippen molar-refractivity contribution in [3.8, 4) is 27.8 Å². The van der Waals surface area contributed by atoms with E-state index in [2.05, 4.69) is 16.5 Å². The minimum Gasteiger partial charge on any atom is -0.378 e.